The molecule has 0 unspecified atom stereocenters. The van der Waals surface area contributed by atoms with Gasteiger partial charge >= 0.3 is 6.36 Å². The van der Waals surface area contributed by atoms with E-state index in [4.69, 9.17) is 18.0 Å². The molecule has 1 amide bonds. The van der Waals surface area contributed by atoms with E-state index in [1.165, 1.54) is 6.08 Å². The van der Waals surface area contributed by atoms with Gasteiger partial charge in [0.1, 0.15) is 10.9 Å². The van der Waals surface area contributed by atoms with E-state index in [0.717, 1.165) is 31.8 Å². The minimum absolute atomic E-state index is 0.0144. The summed E-state index contributed by atoms with van der Waals surface area (Å²) in [6.45, 7) is 3.78. The van der Waals surface area contributed by atoms with Crippen molar-refractivity contribution < 1.29 is 22.7 Å². The summed E-state index contributed by atoms with van der Waals surface area (Å²) in [4.78, 5) is 16.8. The molecule has 2 aliphatic rings. The van der Waals surface area contributed by atoms with Crippen molar-refractivity contribution >= 4 is 17.5 Å². The molecule has 2 aliphatic heterocycles. The number of aromatic nitrogens is 1. The zero-order valence-electron chi connectivity index (χ0n) is 16.8. The van der Waals surface area contributed by atoms with Crippen molar-refractivity contribution in [3.63, 3.8) is 0 Å². The van der Waals surface area contributed by atoms with Crippen molar-refractivity contribution in [2.45, 2.75) is 38.2 Å². The van der Waals surface area contributed by atoms with E-state index < -0.39 is 12.1 Å². The van der Waals surface area contributed by atoms with Gasteiger partial charge in [0, 0.05) is 31.9 Å². The smallest absolute Gasteiger partial charge is 0.411 e. The molecule has 0 N–H and O–H groups in total. The molecule has 0 aromatic carbocycles. The molecule has 1 spiro atoms. The molecule has 1 aromatic heterocycles. The second kappa shape index (κ2) is 8.40. The van der Waals surface area contributed by atoms with Crippen LogP contribution in [0.3, 0.4) is 0 Å². The molecule has 0 radical (unpaired) electrons. The summed E-state index contributed by atoms with van der Waals surface area (Å²) in [5.41, 5.74) is 0.919. The highest BCUT2D eigenvalue weighted by atomic mass is 35.5. The molecule has 0 saturated carbocycles. The maximum Gasteiger partial charge on any atom is 0.572 e. The number of likely N-dealkylation sites (N-methyl/N-ethyl adjacent to an activating group) is 1. The number of halogens is 4. The van der Waals surface area contributed by atoms with E-state index in [-0.39, 0.29) is 17.0 Å². The lowest BCUT2D eigenvalue weighted by atomic mass is 9.81. The van der Waals surface area contributed by atoms with Crippen LogP contribution in [0, 0.1) is 12.3 Å². The number of likely N-dealkylation sites (tertiary alicyclic amines) is 1. The second-order valence-electron chi connectivity index (χ2n) is 7.49. The van der Waals surface area contributed by atoms with Crippen LogP contribution in [0.25, 0.3) is 0 Å². The van der Waals surface area contributed by atoms with Crippen LogP contribution in [0.5, 0.6) is 0 Å². The Hall–Kier alpha value is -2.37. The number of ether oxygens (including phenoxy) is 1. The first-order valence-electron chi connectivity index (χ1n) is 9.54. The Morgan fingerprint density at radius 2 is 1.90 bits per heavy atom. The van der Waals surface area contributed by atoms with Crippen molar-refractivity contribution in [1.29, 1.82) is 0 Å². The molecule has 1 saturated heterocycles. The Morgan fingerprint density at radius 3 is 2.50 bits per heavy atom. The van der Waals surface area contributed by atoms with Gasteiger partial charge in [-0.05, 0) is 51.1 Å². The first-order chi connectivity index (χ1) is 14.1. The lowest BCUT2D eigenvalue weighted by molar-refractivity contribution is -0.305. The Kier molecular flexibility index (Phi) is 6.25. The summed E-state index contributed by atoms with van der Waals surface area (Å²) < 4.78 is 42.7. The molecule has 3 heterocycles. The van der Waals surface area contributed by atoms with Gasteiger partial charge in [-0.1, -0.05) is 17.5 Å². The highest BCUT2D eigenvalue weighted by molar-refractivity contribution is 6.29. The lowest BCUT2D eigenvalue weighted by Gasteiger charge is -2.50. The van der Waals surface area contributed by atoms with Crippen molar-refractivity contribution in [2.75, 3.05) is 26.7 Å². The van der Waals surface area contributed by atoms with Crippen LogP contribution >= 0.6 is 11.6 Å². The molecule has 5 nitrogen and oxygen atoms in total. The van der Waals surface area contributed by atoms with Crippen LogP contribution in [0.4, 0.5) is 13.2 Å². The molecule has 1 aromatic rings. The number of alkyl halides is 3. The van der Waals surface area contributed by atoms with E-state index >= 15 is 0 Å². The largest absolute Gasteiger partial charge is 0.572 e. The molecule has 1 fully saturated rings. The normalized spacial score (nSPS) is 20.1. The first kappa shape index (κ1) is 22.3. The van der Waals surface area contributed by atoms with Gasteiger partial charge in [-0.3, -0.25) is 9.69 Å². The summed E-state index contributed by atoms with van der Waals surface area (Å²) in [6, 6.07) is 3.93. The SMILES string of the molecule is C#C/C(=C\C=C(/C)OC(F)(F)F)C(=O)N1CCC2(CC1)c1ccc(Cl)n1CCN2C. The highest BCUT2D eigenvalue weighted by Crippen LogP contribution is 2.42. The van der Waals surface area contributed by atoms with E-state index in [1.54, 1.807) is 4.90 Å². The van der Waals surface area contributed by atoms with Crippen LogP contribution in [0.2, 0.25) is 5.15 Å². The summed E-state index contributed by atoms with van der Waals surface area (Å²) in [5, 5.41) is 0.705. The third kappa shape index (κ3) is 4.37. The number of carbonyl (C=O) groups is 1. The van der Waals surface area contributed by atoms with Gasteiger partial charge in [-0.2, -0.15) is 0 Å². The van der Waals surface area contributed by atoms with Gasteiger partial charge in [0.15, 0.2) is 0 Å². The van der Waals surface area contributed by atoms with Gasteiger partial charge in [-0.25, -0.2) is 0 Å². The number of rotatable bonds is 3. The Morgan fingerprint density at radius 1 is 1.23 bits per heavy atom. The number of piperidine rings is 1. The van der Waals surface area contributed by atoms with Gasteiger partial charge in [0.25, 0.3) is 5.91 Å². The molecule has 162 valence electrons. The average molecular weight is 442 g/mol. The lowest BCUT2D eigenvalue weighted by Crippen LogP contribution is -2.56. The van der Waals surface area contributed by atoms with E-state index in [2.05, 4.69) is 27.2 Å². The second-order valence-corrected chi connectivity index (χ2v) is 7.88. The molecule has 0 bridgehead atoms. The number of hydrogen-bond donors (Lipinski definition) is 0. The fourth-order valence-electron chi connectivity index (χ4n) is 4.22. The van der Waals surface area contributed by atoms with Crippen molar-refractivity contribution in [2.24, 2.45) is 0 Å². The zero-order chi connectivity index (χ0) is 22.1. The maximum absolute atomic E-state index is 12.8. The van der Waals surface area contributed by atoms with Gasteiger partial charge in [0.05, 0.1) is 11.1 Å². The van der Waals surface area contributed by atoms with Crippen LogP contribution in [0.15, 0.2) is 35.6 Å². The summed E-state index contributed by atoms with van der Waals surface area (Å²) >= 11 is 6.31. The molecule has 0 aliphatic carbocycles. The highest BCUT2D eigenvalue weighted by Gasteiger charge is 2.45. The van der Waals surface area contributed by atoms with E-state index in [9.17, 15) is 18.0 Å². The summed E-state index contributed by atoms with van der Waals surface area (Å²) in [7, 11) is 2.07. The molecule has 30 heavy (non-hydrogen) atoms. The van der Waals surface area contributed by atoms with Crippen LogP contribution in [0.1, 0.15) is 25.5 Å². The standard InChI is InChI=1S/C21H23ClF3N3O2/c1-4-16(6-5-15(2)30-21(23,24)25)19(29)27-11-9-20(10-12-27)17-7-8-18(22)28(17)14-13-26(20)3/h1,5-8H,9-14H2,2-3H3/b15-5+,16-6+. The minimum Gasteiger partial charge on any atom is -0.411 e. The van der Waals surface area contributed by atoms with E-state index in [1.807, 2.05) is 12.1 Å². The first-order valence-corrected chi connectivity index (χ1v) is 9.92. The third-order valence-electron chi connectivity index (χ3n) is 5.82. The summed E-state index contributed by atoms with van der Waals surface area (Å²) in [5.74, 6) is 1.49. The average Bonchev–Trinajstić information content (AvgIpc) is 3.06. The van der Waals surface area contributed by atoms with Crippen LogP contribution < -0.4 is 0 Å². The molecule has 3 rings (SSSR count). The summed E-state index contributed by atoms with van der Waals surface area (Å²) in [6.07, 6.45) is 4.30. The molecular weight excluding hydrogens is 419 g/mol. The van der Waals surface area contributed by atoms with Crippen molar-refractivity contribution in [3.05, 3.63) is 46.5 Å². The minimum atomic E-state index is -4.79. The van der Waals surface area contributed by atoms with Gasteiger partial charge in [-0.15, -0.1) is 19.6 Å². The Bertz CT molecular complexity index is 919. The fraction of sp³-hybridized carbons (Fsp3) is 0.476. The molecule has 0 atom stereocenters. The quantitative estimate of drug-likeness (QED) is 0.309. The van der Waals surface area contributed by atoms with E-state index in [0.29, 0.717) is 31.1 Å². The monoisotopic (exact) mass is 441 g/mol. The number of carbonyl (C=O) groups excluding carboxylic acids is 1. The number of amides is 1. The van der Waals surface area contributed by atoms with Gasteiger partial charge in [0.2, 0.25) is 0 Å². The number of terminal acetylenes is 1. The number of allylic oxidation sites excluding steroid dienone is 3. The zero-order valence-corrected chi connectivity index (χ0v) is 17.6. The predicted octanol–water partition coefficient (Wildman–Crippen LogP) is 3.90. The fourth-order valence-corrected chi connectivity index (χ4v) is 4.46. The topological polar surface area (TPSA) is 37.7 Å². The van der Waals surface area contributed by atoms with Crippen LogP contribution in [-0.2, 0) is 21.6 Å². The number of hydrogen-bond acceptors (Lipinski definition) is 3. The number of fused-ring (bicyclic) bond motifs is 2. The predicted molar refractivity (Wildman–Crippen MR) is 107 cm³/mol. The van der Waals surface area contributed by atoms with Crippen molar-refractivity contribution in [1.82, 2.24) is 14.4 Å². The van der Waals surface area contributed by atoms with Gasteiger partial charge < -0.3 is 14.2 Å². The molecule has 9 heteroatoms. The Balaban J connectivity index is 1.73. The molecular formula is C21H23ClF3N3O2. The Labute approximate surface area is 178 Å². The third-order valence-corrected chi connectivity index (χ3v) is 6.15. The number of nitrogens with zero attached hydrogens (tertiary/aromatic N) is 3. The van der Waals surface area contributed by atoms with Crippen LogP contribution in [-0.4, -0.2) is 53.3 Å². The van der Waals surface area contributed by atoms with Crippen molar-refractivity contribution in [3.8, 4) is 12.3 Å². The maximum atomic E-state index is 12.8.